The van der Waals surface area contributed by atoms with E-state index < -0.39 is 0 Å². The first-order valence-corrected chi connectivity index (χ1v) is 6.85. The van der Waals surface area contributed by atoms with Gasteiger partial charge in [0.1, 0.15) is 12.4 Å². The van der Waals surface area contributed by atoms with Gasteiger partial charge < -0.3 is 4.74 Å². The minimum atomic E-state index is 0.259. The third-order valence-electron chi connectivity index (χ3n) is 3.90. The van der Waals surface area contributed by atoms with Gasteiger partial charge in [-0.2, -0.15) is 0 Å². The van der Waals surface area contributed by atoms with Crippen molar-refractivity contribution in [1.82, 2.24) is 4.90 Å². The molecule has 1 heterocycles. The number of ketones is 1. The van der Waals surface area contributed by atoms with Gasteiger partial charge in [-0.1, -0.05) is 12.1 Å². The van der Waals surface area contributed by atoms with E-state index in [4.69, 9.17) is 4.74 Å². The van der Waals surface area contributed by atoms with E-state index in [1.54, 1.807) is 0 Å². The maximum absolute atomic E-state index is 11.6. The van der Waals surface area contributed by atoms with Gasteiger partial charge in [0, 0.05) is 24.1 Å². The molecule has 96 valence electrons. The van der Waals surface area contributed by atoms with E-state index in [-0.39, 0.29) is 5.78 Å². The van der Waals surface area contributed by atoms with E-state index >= 15 is 0 Å². The quantitative estimate of drug-likeness (QED) is 0.815. The Bertz CT molecular complexity index is 450. The summed E-state index contributed by atoms with van der Waals surface area (Å²) in [4.78, 5) is 14.1. The fourth-order valence-electron chi connectivity index (χ4n) is 2.88. The van der Waals surface area contributed by atoms with Gasteiger partial charge in [-0.15, -0.1) is 0 Å². The minimum absolute atomic E-state index is 0.259. The molecule has 1 saturated heterocycles. The minimum Gasteiger partial charge on any atom is -0.492 e. The monoisotopic (exact) mass is 245 g/mol. The molecule has 18 heavy (non-hydrogen) atoms. The van der Waals surface area contributed by atoms with Crippen molar-refractivity contribution < 1.29 is 9.53 Å². The van der Waals surface area contributed by atoms with Gasteiger partial charge in [-0.25, -0.2) is 0 Å². The second kappa shape index (κ2) is 5.11. The van der Waals surface area contributed by atoms with Gasteiger partial charge in [-0.3, -0.25) is 9.69 Å². The molecule has 0 aromatic heterocycles. The van der Waals surface area contributed by atoms with Crippen LogP contribution in [0.25, 0.3) is 0 Å². The Labute approximate surface area is 108 Å². The van der Waals surface area contributed by atoms with Crippen molar-refractivity contribution in [3.63, 3.8) is 0 Å². The number of likely N-dealkylation sites (tertiary alicyclic amines) is 1. The molecule has 2 aliphatic rings. The Balaban J connectivity index is 1.61. The standard InChI is InChI=1S/C15H19NO2/c17-14-7-6-13-12(14)4-3-5-15(13)18-11-10-16-8-1-2-9-16/h3-5H,1-2,6-11H2. The highest BCUT2D eigenvalue weighted by Crippen LogP contribution is 2.30. The number of Topliss-reactive ketones (excluding diaryl/α,β-unsaturated/α-hetero) is 1. The topological polar surface area (TPSA) is 29.5 Å². The van der Waals surface area contributed by atoms with Crippen LogP contribution in [0.3, 0.4) is 0 Å². The molecule has 3 rings (SSSR count). The van der Waals surface area contributed by atoms with Gasteiger partial charge in [-0.05, 0) is 38.4 Å². The smallest absolute Gasteiger partial charge is 0.163 e. The largest absolute Gasteiger partial charge is 0.492 e. The molecule has 3 nitrogen and oxygen atoms in total. The highest BCUT2D eigenvalue weighted by Gasteiger charge is 2.22. The summed E-state index contributed by atoms with van der Waals surface area (Å²) < 4.78 is 5.87. The summed E-state index contributed by atoms with van der Waals surface area (Å²) >= 11 is 0. The molecule has 0 N–H and O–H groups in total. The maximum Gasteiger partial charge on any atom is 0.163 e. The third kappa shape index (κ3) is 2.27. The molecule has 0 spiro atoms. The molecule has 3 heteroatoms. The van der Waals surface area contributed by atoms with Crippen LogP contribution in [0.5, 0.6) is 5.75 Å². The molecule has 1 aromatic rings. The van der Waals surface area contributed by atoms with E-state index in [2.05, 4.69) is 4.90 Å². The van der Waals surface area contributed by atoms with Gasteiger partial charge in [0.15, 0.2) is 5.78 Å². The molecule has 0 bridgehead atoms. The molecule has 1 aliphatic heterocycles. The lowest BCUT2D eigenvalue weighted by atomic mass is 10.1. The summed E-state index contributed by atoms with van der Waals surface area (Å²) in [5, 5.41) is 0. The van der Waals surface area contributed by atoms with Crippen LogP contribution >= 0.6 is 0 Å². The van der Waals surface area contributed by atoms with Crippen LogP contribution in [0, 0.1) is 0 Å². The zero-order valence-corrected chi connectivity index (χ0v) is 10.7. The van der Waals surface area contributed by atoms with Crippen molar-refractivity contribution in [3.05, 3.63) is 29.3 Å². The third-order valence-corrected chi connectivity index (χ3v) is 3.90. The van der Waals surface area contributed by atoms with Crippen LogP contribution in [-0.2, 0) is 6.42 Å². The van der Waals surface area contributed by atoms with Crippen LogP contribution in [0.15, 0.2) is 18.2 Å². The molecule has 0 saturated carbocycles. The Morgan fingerprint density at radius 3 is 2.83 bits per heavy atom. The first kappa shape index (κ1) is 11.7. The van der Waals surface area contributed by atoms with Gasteiger partial charge in [0.05, 0.1) is 0 Å². The van der Waals surface area contributed by atoms with Gasteiger partial charge in [0.2, 0.25) is 0 Å². The van der Waals surface area contributed by atoms with Crippen molar-refractivity contribution in [1.29, 1.82) is 0 Å². The first-order valence-electron chi connectivity index (χ1n) is 6.85. The second-order valence-electron chi connectivity index (χ2n) is 5.10. The zero-order chi connectivity index (χ0) is 12.4. The molecular weight excluding hydrogens is 226 g/mol. The molecule has 1 fully saturated rings. The SMILES string of the molecule is O=C1CCc2c(OCCN3CCCC3)cccc21. The van der Waals surface area contributed by atoms with E-state index in [1.165, 1.54) is 25.9 Å². The zero-order valence-electron chi connectivity index (χ0n) is 10.7. The first-order chi connectivity index (χ1) is 8.84. The fourth-order valence-corrected chi connectivity index (χ4v) is 2.88. The van der Waals surface area contributed by atoms with Crippen LogP contribution in [0.1, 0.15) is 35.2 Å². The van der Waals surface area contributed by atoms with E-state index in [1.807, 2.05) is 18.2 Å². The van der Waals surface area contributed by atoms with E-state index in [9.17, 15) is 4.79 Å². The summed E-state index contributed by atoms with van der Waals surface area (Å²) in [6, 6.07) is 5.83. The number of carbonyl (C=O) groups excluding carboxylic acids is 1. The normalized spacial score (nSPS) is 19.2. The lowest BCUT2D eigenvalue weighted by Gasteiger charge is -2.16. The van der Waals surface area contributed by atoms with Crippen molar-refractivity contribution in [2.45, 2.75) is 25.7 Å². The highest BCUT2D eigenvalue weighted by molar-refractivity contribution is 6.01. The lowest BCUT2D eigenvalue weighted by Crippen LogP contribution is -2.25. The van der Waals surface area contributed by atoms with Crippen molar-refractivity contribution >= 4 is 5.78 Å². The summed E-state index contributed by atoms with van der Waals surface area (Å²) in [6.07, 6.45) is 4.11. The average Bonchev–Trinajstić information content (AvgIpc) is 3.01. The Morgan fingerprint density at radius 1 is 1.17 bits per heavy atom. The van der Waals surface area contributed by atoms with Gasteiger partial charge in [0.25, 0.3) is 0 Å². The number of carbonyl (C=O) groups is 1. The molecule has 0 amide bonds. The number of hydrogen-bond donors (Lipinski definition) is 0. The summed E-state index contributed by atoms with van der Waals surface area (Å²) in [5.41, 5.74) is 1.98. The van der Waals surface area contributed by atoms with Crippen LogP contribution in [0.4, 0.5) is 0 Å². The Morgan fingerprint density at radius 2 is 2.00 bits per heavy atom. The van der Waals surface area contributed by atoms with Crippen molar-refractivity contribution in [2.24, 2.45) is 0 Å². The number of benzene rings is 1. The predicted octanol–water partition coefficient (Wildman–Crippen LogP) is 2.29. The van der Waals surface area contributed by atoms with E-state index in [0.29, 0.717) is 6.42 Å². The van der Waals surface area contributed by atoms with Crippen molar-refractivity contribution in [2.75, 3.05) is 26.2 Å². The van der Waals surface area contributed by atoms with Crippen LogP contribution in [-0.4, -0.2) is 36.9 Å². The second-order valence-corrected chi connectivity index (χ2v) is 5.10. The Hall–Kier alpha value is -1.35. The van der Waals surface area contributed by atoms with E-state index in [0.717, 1.165) is 36.4 Å². The highest BCUT2D eigenvalue weighted by atomic mass is 16.5. The molecule has 0 atom stereocenters. The molecule has 1 aromatic carbocycles. The summed E-state index contributed by atoms with van der Waals surface area (Å²) in [6.45, 7) is 4.13. The number of hydrogen-bond acceptors (Lipinski definition) is 3. The summed E-state index contributed by atoms with van der Waals surface area (Å²) in [7, 11) is 0. The Kier molecular flexibility index (Phi) is 3.33. The predicted molar refractivity (Wildman–Crippen MR) is 70.3 cm³/mol. The molecule has 1 aliphatic carbocycles. The van der Waals surface area contributed by atoms with Crippen LogP contribution < -0.4 is 4.74 Å². The summed E-state index contributed by atoms with van der Waals surface area (Å²) in [5.74, 6) is 1.17. The molecular formula is C15H19NO2. The number of rotatable bonds is 4. The fraction of sp³-hybridized carbons (Fsp3) is 0.533. The lowest BCUT2D eigenvalue weighted by molar-refractivity contribution is 0.0994. The molecule has 0 radical (unpaired) electrons. The maximum atomic E-state index is 11.6. The number of nitrogens with zero attached hydrogens (tertiary/aromatic N) is 1. The van der Waals surface area contributed by atoms with Crippen LogP contribution in [0.2, 0.25) is 0 Å². The molecule has 0 unspecified atom stereocenters. The number of ether oxygens (including phenoxy) is 1. The van der Waals surface area contributed by atoms with Crippen molar-refractivity contribution in [3.8, 4) is 5.75 Å². The average molecular weight is 245 g/mol. The number of fused-ring (bicyclic) bond motifs is 1. The van der Waals surface area contributed by atoms with Gasteiger partial charge >= 0.3 is 0 Å².